The van der Waals surface area contributed by atoms with Crippen LogP contribution in [-0.4, -0.2) is 45.2 Å². The van der Waals surface area contributed by atoms with Gasteiger partial charge in [-0.15, -0.1) is 0 Å². The van der Waals surface area contributed by atoms with Crippen LogP contribution in [0.25, 0.3) is 0 Å². The quantitative estimate of drug-likeness (QED) is 0.881. The first-order valence-corrected chi connectivity index (χ1v) is 9.28. The molecule has 1 aliphatic heterocycles. The standard InChI is InChI=1S/C18H26N4O2/c23-16-8-3-6-13(16)21-17(24)15-11-12-5-1-2-7-14(12)22(15)18-19-9-4-10-20-18/h4,9-10,12-16,23H,1-3,5-8,11H2,(H,21,24)/t12-,13-,14-,15+,16+/m1/s1. The minimum Gasteiger partial charge on any atom is -0.391 e. The average molecular weight is 330 g/mol. The largest absolute Gasteiger partial charge is 0.391 e. The van der Waals surface area contributed by atoms with E-state index in [-0.39, 0.29) is 18.0 Å². The predicted octanol–water partition coefficient (Wildman–Crippen LogP) is 1.64. The molecule has 130 valence electrons. The van der Waals surface area contributed by atoms with E-state index >= 15 is 0 Å². The number of carbonyl (C=O) groups excluding carboxylic acids is 1. The summed E-state index contributed by atoms with van der Waals surface area (Å²) in [7, 11) is 0. The monoisotopic (exact) mass is 330 g/mol. The van der Waals surface area contributed by atoms with Gasteiger partial charge in [0.05, 0.1) is 12.1 Å². The third-order valence-electron chi connectivity index (χ3n) is 5.98. The van der Waals surface area contributed by atoms with Crippen LogP contribution in [0.4, 0.5) is 5.95 Å². The first kappa shape index (κ1) is 15.8. The molecule has 0 bridgehead atoms. The number of nitrogens with zero attached hydrogens (tertiary/aromatic N) is 3. The van der Waals surface area contributed by atoms with E-state index in [1.807, 2.05) is 6.07 Å². The maximum Gasteiger partial charge on any atom is 0.243 e. The zero-order valence-corrected chi connectivity index (χ0v) is 14.0. The van der Waals surface area contributed by atoms with Crippen molar-refractivity contribution in [3.63, 3.8) is 0 Å². The van der Waals surface area contributed by atoms with Crippen LogP contribution in [0.3, 0.4) is 0 Å². The Morgan fingerprint density at radius 2 is 1.92 bits per heavy atom. The van der Waals surface area contributed by atoms with Crippen LogP contribution < -0.4 is 10.2 Å². The number of fused-ring (bicyclic) bond motifs is 1. The Kier molecular flexibility index (Phi) is 4.39. The molecule has 1 saturated heterocycles. The molecule has 0 aromatic carbocycles. The van der Waals surface area contributed by atoms with E-state index in [9.17, 15) is 9.90 Å². The first-order chi connectivity index (χ1) is 11.7. The van der Waals surface area contributed by atoms with Gasteiger partial charge in [-0.25, -0.2) is 9.97 Å². The maximum atomic E-state index is 13.0. The molecule has 6 heteroatoms. The van der Waals surface area contributed by atoms with Crippen LogP contribution in [0.1, 0.15) is 51.4 Å². The summed E-state index contributed by atoms with van der Waals surface area (Å²) in [5, 5.41) is 13.1. The number of carbonyl (C=O) groups is 1. The molecule has 0 radical (unpaired) electrons. The second kappa shape index (κ2) is 6.67. The van der Waals surface area contributed by atoms with E-state index in [2.05, 4.69) is 20.2 Å². The summed E-state index contributed by atoms with van der Waals surface area (Å²) in [6.07, 6.45) is 11.3. The Morgan fingerprint density at radius 1 is 1.12 bits per heavy atom. The number of hydrogen-bond donors (Lipinski definition) is 2. The number of nitrogens with one attached hydrogen (secondary N) is 1. The van der Waals surface area contributed by atoms with E-state index in [0.29, 0.717) is 17.9 Å². The van der Waals surface area contributed by atoms with Gasteiger partial charge in [0.2, 0.25) is 11.9 Å². The summed E-state index contributed by atoms with van der Waals surface area (Å²) in [5.74, 6) is 1.24. The molecule has 2 N–H and O–H groups in total. The average Bonchev–Trinajstić information content (AvgIpc) is 3.19. The minimum atomic E-state index is -0.404. The van der Waals surface area contributed by atoms with Gasteiger partial charge in [0.25, 0.3) is 0 Å². The van der Waals surface area contributed by atoms with Gasteiger partial charge >= 0.3 is 0 Å². The second-order valence-corrected chi connectivity index (χ2v) is 7.43. The van der Waals surface area contributed by atoms with Gasteiger partial charge in [-0.05, 0) is 50.5 Å². The molecule has 1 aromatic rings. The molecule has 4 rings (SSSR count). The normalized spacial score (nSPS) is 35.7. The van der Waals surface area contributed by atoms with Crippen LogP contribution in [0, 0.1) is 5.92 Å². The summed E-state index contributed by atoms with van der Waals surface area (Å²) in [5.41, 5.74) is 0. The van der Waals surface area contributed by atoms with Crippen LogP contribution in [0.15, 0.2) is 18.5 Å². The minimum absolute atomic E-state index is 0.0304. The van der Waals surface area contributed by atoms with Gasteiger partial charge in [0.1, 0.15) is 6.04 Å². The number of hydrogen-bond acceptors (Lipinski definition) is 5. The highest BCUT2D eigenvalue weighted by Gasteiger charge is 2.46. The number of aliphatic hydroxyl groups is 1. The van der Waals surface area contributed by atoms with Gasteiger partial charge < -0.3 is 15.3 Å². The van der Waals surface area contributed by atoms with Gasteiger partial charge in [-0.2, -0.15) is 0 Å². The van der Waals surface area contributed by atoms with Crippen LogP contribution in [-0.2, 0) is 4.79 Å². The molecule has 2 aliphatic carbocycles. The summed E-state index contributed by atoms with van der Waals surface area (Å²) in [6, 6.07) is 1.86. The lowest BCUT2D eigenvalue weighted by molar-refractivity contribution is -0.123. The molecule has 2 saturated carbocycles. The summed E-state index contributed by atoms with van der Waals surface area (Å²) in [6.45, 7) is 0. The molecular formula is C18H26N4O2. The van der Waals surface area contributed by atoms with Crippen molar-refractivity contribution in [2.75, 3.05) is 4.90 Å². The summed E-state index contributed by atoms with van der Waals surface area (Å²) in [4.78, 5) is 23.9. The Bertz CT molecular complexity index is 582. The molecule has 3 aliphatic rings. The van der Waals surface area contributed by atoms with Crippen molar-refractivity contribution in [1.29, 1.82) is 0 Å². The molecule has 6 nitrogen and oxygen atoms in total. The summed E-state index contributed by atoms with van der Waals surface area (Å²) < 4.78 is 0. The lowest BCUT2D eigenvalue weighted by atomic mass is 9.85. The van der Waals surface area contributed by atoms with Crippen molar-refractivity contribution in [2.24, 2.45) is 5.92 Å². The molecular weight excluding hydrogens is 304 g/mol. The van der Waals surface area contributed by atoms with Crippen molar-refractivity contribution in [3.8, 4) is 0 Å². The first-order valence-electron chi connectivity index (χ1n) is 9.28. The smallest absolute Gasteiger partial charge is 0.243 e. The van der Waals surface area contributed by atoms with Crippen molar-refractivity contribution >= 4 is 11.9 Å². The fraction of sp³-hybridized carbons (Fsp3) is 0.722. The lowest BCUT2D eigenvalue weighted by Crippen LogP contribution is -2.51. The zero-order valence-electron chi connectivity index (χ0n) is 14.0. The molecule has 24 heavy (non-hydrogen) atoms. The molecule has 5 atom stereocenters. The van der Waals surface area contributed by atoms with Crippen LogP contribution in [0.5, 0.6) is 0 Å². The second-order valence-electron chi connectivity index (χ2n) is 7.43. The molecule has 2 heterocycles. The molecule has 0 unspecified atom stereocenters. The van der Waals surface area contributed by atoms with Crippen LogP contribution in [0.2, 0.25) is 0 Å². The van der Waals surface area contributed by atoms with Gasteiger partial charge in [-0.3, -0.25) is 4.79 Å². The molecule has 1 aromatic heterocycles. The van der Waals surface area contributed by atoms with Crippen molar-refractivity contribution in [2.45, 2.75) is 75.6 Å². The number of rotatable bonds is 3. The number of aromatic nitrogens is 2. The number of anilines is 1. The highest BCUT2D eigenvalue weighted by molar-refractivity contribution is 5.86. The molecule has 1 amide bonds. The van der Waals surface area contributed by atoms with Crippen molar-refractivity contribution in [3.05, 3.63) is 18.5 Å². The maximum absolute atomic E-state index is 13.0. The van der Waals surface area contributed by atoms with Gasteiger partial charge in [0.15, 0.2) is 0 Å². The molecule has 3 fully saturated rings. The van der Waals surface area contributed by atoms with Gasteiger partial charge in [-0.1, -0.05) is 12.8 Å². The Labute approximate surface area is 142 Å². The Balaban J connectivity index is 1.56. The lowest BCUT2D eigenvalue weighted by Gasteiger charge is -2.33. The van der Waals surface area contributed by atoms with Gasteiger partial charge in [0, 0.05) is 18.4 Å². The van der Waals surface area contributed by atoms with Crippen molar-refractivity contribution in [1.82, 2.24) is 15.3 Å². The van der Waals surface area contributed by atoms with E-state index in [0.717, 1.165) is 32.1 Å². The van der Waals surface area contributed by atoms with Crippen LogP contribution >= 0.6 is 0 Å². The summed E-state index contributed by atoms with van der Waals surface area (Å²) >= 11 is 0. The SMILES string of the molecule is O=C(N[C@@H]1CCC[C@@H]1O)[C@@H]1C[C@H]2CCCC[C@H]2N1c1ncccn1. The van der Waals surface area contributed by atoms with E-state index in [1.54, 1.807) is 12.4 Å². The van der Waals surface area contributed by atoms with E-state index in [4.69, 9.17) is 0 Å². The van der Waals surface area contributed by atoms with E-state index < -0.39 is 6.10 Å². The van der Waals surface area contributed by atoms with E-state index in [1.165, 1.54) is 19.3 Å². The fourth-order valence-electron chi connectivity index (χ4n) is 4.79. The third kappa shape index (κ3) is 2.88. The highest BCUT2D eigenvalue weighted by Crippen LogP contribution is 2.41. The third-order valence-corrected chi connectivity index (χ3v) is 5.98. The Morgan fingerprint density at radius 3 is 2.67 bits per heavy atom. The number of amides is 1. The topological polar surface area (TPSA) is 78.4 Å². The highest BCUT2D eigenvalue weighted by atomic mass is 16.3. The number of aliphatic hydroxyl groups excluding tert-OH is 1. The zero-order chi connectivity index (χ0) is 16.5. The fourth-order valence-corrected chi connectivity index (χ4v) is 4.79. The Hall–Kier alpha value is -1.69. The van der Waals surface area contributed by atoms with Crippen molar-refractivity contribution < 1.29 is 9.90 Å². The molecule has 0 spiro atoms. The predicted molar refractivity (Wildman–Crippen MR) is 90.5 cm³/mol.